The maximum Gasteiger partial charge on any atom is 0.270 e. The average Bonchev–Trinajstić information content (AvgIpc) is 2.98. The highest BCUT2D eigenvalue weighted by Gasteiger charge is 2.51. The Bertz CT molecular complexity index is 807. The van der Waals surface area contributed by atoms with Gasteiger partial charge in [-0.3, -0.25) is 25.0 Å². The molecule has 1 aromatic carbocycles. The summed E-state index contributed by atoms with van der Waals surface area (Å²) in [7, 11) is 0. The number of nitro benzene ring substituents is 1. The number of hydrogen-bond donors (Lipinski definition) is 1. The first kappa shape index (κ1) is 21.3. The van der Waals surface area contributed by atoms with E-state index in [0.717, 1.165) is 12.2 Å². The first-order chi connectivity index (χ1) is 13.9. The average molecular weight is 419 g/mol. The Labute approximate surface area is 174 Å². The molecule has 9 heteroatoms. The Balaban J connectivity index is 1.71. The van der Waals surface area contributed by atoms with E-state index in [0.29, 0.717) is 38.0 Å². The number of nitrogens with zero attached hydrogens (tertiary/aromatic N) is 3. The molecule has 0 bridgehead atoms. The summed E-state index contributed by atoms with van der Waals surface area (Å²) < 4.78 is 0. The number of hydrogen-bond acceptors (Lipinski definition) is 6. The number of carbonyl (C=O) groups is 2. The van der Waals surface area contributed by atoms with Crippen molar-refractivity contribution in [3.63, 3.8) is 0 Å². The van der Waals surface area contributed by atoms with E-state index in [2.05, 4.69) is 11.9 Å². The van der Waals surface area contributed by atoms with Crippen LogP contribution in [0.5, 0.6) is 0 Å². The molecule has 1 unspecified atom stereocenters. The van der Waals surface area contributed by atoms with Crippen LogP contribution in [0.3, 0.4) is 0 Å². The molecule has 1 aromatic rings. The minimum atomic E-state index is -0.502. The number of amides is 2. The van der Waals surface area contributed by atoms with Gasteiger partial charge < -0.3 is 9.80 Å². The molecule has 0 saturated carbocycles. The second-order valence-electron chi connectivity index (χ2n) is 7.35. The molecular weight excluding hydrogens is 392 g/mol. The molecular formula is C20H26N4O4S. The maximum absolute atomic E-state index is 12.9. The van der Waals surface area contributed by atoms with Gasteiger partial charge >= 0.3 is 0 Å². The molecule has 0 aromatic heterocycles. The largest absolute Gasteiger partial charge is 0.338 e. The zero-order valence-corrected chi connectivity index (χ0v) is 17.3. The van der Waals surface area contributed by atoms with E-state index < -0.39 is 10.6 Å². The highest BCUT2D eigenvalue weighted by atomic mass is 32.2. The van der Waals surface area contributed by atoms with Crippen molar-refractivity contribution in [2.75, 3.05) is 31.6 Å². The highest BCUT2D eigenvalue weighted by molar-refractivity contribution is 7.98. The van der Waals surface area contributed by atoms with Crippen molar-refractivity contribution in [2.24, 2.45) is 0 Å². The third-order valence-corrected chi connectivity index (χ3v) is 6.27. The number of carbonyl (C=O) groups excluding carboxylic acids is 2. The summed E-state index contributed by atoms with van der Waals surface area (Å²) in [5, 5.41) is 14.5. The first-order valence-electron chi connectivity index (χ1n) is 9.64. The number of likely N-dealkylation sites (tertiary alicyclic amines) is 1. The first-order valence-corrected chi connectivity index (χ1v) is 11.0. The molecule has 1 spiro atoms. The molecule has 2 heterocycles. The van der Waals surface area contributed by atoms with Crippen LogP contribution < -0.4 is 5.32 Å². The number of piperidine rings is 1. The van der Waals surface area contributed by atoms with Crippen LogP contribution in [0, 0.1) is 10.1 Å². The number of benzene rings is 1. The lowest BCUT2D eigenvalue weighted by atomic mass is 9.95. The van der Waals surface area contributed by atoms with E-state index in [-0.39, 0.29) is 23.5 Å². The van der Waals surface area contributed by atoms with Crippen molar-refractivity contribution in [1.29, 1.82) is 0 Å². The number of rotatable bonds is 7. The summed E-state index contributed by atoms with van der Waals surface area (Å²) in [6, 6.07) is 5.60. The molecule has 0 radical (unpaired) electrons. The van der Waals surface area contributed by atoms with E-state index in [1.807, 2.05) is 11.2 Å². The number of nitro groups is 1. The molecule has 2 fully saturated rings. The van der Waals surface area contributed by atoms with Gasteiger partial charge in [0.05, 0.1) is 16.6 Å². The van der Waals surface area contributed by atoms with Crippen LogP contribution in [0.2, 0.25) is 0 Å². The fraction of sp³-hybridized carbons (Fsp3) is 0.500. The summed E-state index contributed by atoms with van der Waals surface area (Å²) in [6.07, 6.45) is 5.76. The molecule has 156 valence electrons. The minimum absolute atomic E-state index is 0.0948. The SMILES string of the molecule is C=CCN1C(=O)C(CCSC)NC12CCN(C(=O)c1cccc([N+](=O)[O-])c1)CC2. The van der Waals surface area contributed by atoms with Gasteiger partial charge in [0.15, 0.2) is 0 Å². The van der Waals surface area contributed by atoms with Crippen molar-refractivity contribution in [3.05, 3.63) is 52.6 Å². The fourth-order valence-electron chi connectivity index (χ4n) is 4.12. The Morgan fingerprint density at radius 2 is 2.17 bits per heavy atom. The van der Waals surface area contributed by atoms with Crippen LogP contribution in [-0.2, 0) is 4.79 Å². The van der Waals surface area contributed by atoms with Gasteiger partial charge in [-0.25, -0.2) is 0 Å². The summed E-state index contributed by atoms with van der Waals surface area (Å²) in [5.74, 6) is 0.776. The number of non-ortho nitro benzene ring substituents is 1. The normalized spacial score (nSPS) is 20.9. The lowest BCUT2D eigenvalue weighted by molar-refractivity contribution is -0.384. The predicted molar refractivity (Wildman–Crippen MR) is 113 cm³/mol. The van der Waals surface area contributed by atoms with Crippen LogP contribution in [0.25, 0.3) is 0 Å². The molecule has 2 amide bonds. The second kappa shape index (κ2) is 8.96. The van der Waals surface area contributed by atoms with Crippen molar-refractivity contribution >= 4 is 29.3 Å². The number of nitrogens with one attached hydrogen (secondary N) is 1. The zero-order chi connectivity index (χ0) is 21.0. The molecule has 2 saturated heterocycles. The van der Waals surface area contributed by atoms with E-state index in [1.54, 1.807) is 28.8 Å². The predicted octanol–water partition coefficient (Wildman–Crippen LogP) is 2.27. The van der Waals surface area contributed by atoms with Crippen molar-refractivity contribution in [2.45, 2.75) is 31.0 Å². The van der Waals surface area contributed by atoms with Crippen LogP contribution in [0.15, 0.2) is 36.9 Å². The molecule has 29 heavy (non-hydrogen) atoms. The van der Waals surface area contributed by atoms with Gasteiger partial charge in [0, 0.05) is 50.2 Å². The highest BCUT2D eigenvalue weighted by Crippen LogP contribution is 2.34. The lowest BCUT2D eigenvalue weighted by Crippen LogP contribution is -2.59. The van der Waals surface area contributed by atoms with Gasteiger partial charge in [0.2, 0.25) is 5.91 Å². The fourth-order valence-corrected chi connectivity index (χ4v) is 4.59. The molecule has 2 aliphatic heterocycles. The van der Waals surface area contributed by atoms with Gasteiger partial charge in [-0.15, -0.1) is 6.58 Å². The van der Waals surface area contributed by atoms with Crippen molar-refractivity contribution in [1.82, 2.24) is 15.1 Å². The minimum Gasteiger partial charge on any atom is -0.338 e. The molecule has 3 rings (SSSR count). The van der Waals surface area contributed by atoms with Gasteiger partial charge in [-0.2, -0.15) is 11.8 Å². The van der Waals surface area contributed by atoms with Crippen LogP contribution in [0.1, 0.15) is 29.6 Å². The van der Waals surface area contributed by atoms with Crippen LogP contribution in [0.4, 0.5) is 5.69 Å². The van der Waals surface area contributed by atoms with E-state index in [9.17, 15) is 19.7 Å². The van der Waals surface area contributed by atoms with E-state index in [4.69, 9.17) is 0 Å². The Kier molecular flexibility index (Phi) is 6.59. The van der Waals surface area contributed by atoms with Crippen LogP contribution in [-0.4, -0.2) is 69.9 Å². The monoisotopic (exact) mass is 418 g/mol. The van der Waals surface area contributed by atoms with Crippen molar-refractivity contribution < 1.29 is 14.5 Å². The maximum atomic E-state index is 12.9. The lowest BCUT2D eigenvalue weighted by Gasteiger charge is -2.44. The zero-order valence-electron chi connectivity index (χ0n) is 16.5. The van der Waals surface area contributed by atoms with Gasteiger partial charge in [-0.05, 0) is 24.5 Å². The van der Waals surface area contributed by atoms with E-state index in [1.165, 1.54) is 18.2 Å². The van der Waals surface area contributed by atoms with Gasteiger partial charge in [0.25, 0.3) is 11.6 Å². The standard InChI is InChI=1S/C20H26N4O4S/c1-3-10-23-19(26)17(7-13-29-2)21-20(23)8-11-22(12-9-20)18(25)15-5-4-6-16(14-15)24(27)28/h3-6,14,17,21H,1,7-13H2,2H3. The Morgan fingerprint density at radius 1 is 1.45 bits per heavy atom. The quantitative estimate of drug-likeness (QED) is 0.415. The summed E-state index contributed by atoms with van der Waals surface area (Å²) in [4.78, 5) is 39.8. The molecule has 1 atom stereocenters. The summed E-state index contributed by atoms with van der Waals surface area (Å²) in [6.45, 7) is 5.21. The van der Waals surface area contributed by atoms with E-state index >= 15 is 0 Å². The molecule has 1 N–H and O–H groups in total. The third kappa shape index (κ3) is 4.30. The van der Waals surface area contributed by atoms with Crippen molar-refractivity contribution in [3.8, 4) is 0 Å². The summed E-state index contributed by atoms with van der Waals surface area (Å²) in [5.41, 5.74) is -0.249. The topological polar surface area (TPSA) is 95.8 Å². The Morgan fingerprint density at radius 3 is 2.79 bits per heavy atom. The second-order valence-corrected chi connectivity index (χ2v) is 8.33. The summed E-state index contributed by atoms with van der Waals surface area (Å²) >= 11 is 1.71. The van der Waals surface area contributed by atoms with Gasteiger partial charge in [0.1, 0.15) is 0 Å². The Hall–Kier alpha value is -2.39. The van der Waals surface area contributed by atoms with Gasteiger partial charge in [-0.1, -0.05) is 12.1 Å². The molecule has 2 aliphatic rings. The number of thioether (sulfide) groups is 1. The molecule has 0 aliphatic carbocycles. The third-order valence-electron chi connectivity index (χ3n) is 5.63. The smallest absolute Gasteiger partial charge is 0.270 e. The molecule has 8 nitrogen and oxygen atoms in total. The van der Waals surface area contributed by atoms with Crippen LogP contribution >= 0.6 is 11.8 Å².